The Bertz CT molecular complexity index is 80.7. The molecule has 1 heterocycles. The monoisotopic (exact) mass is 236 g/mol. The molecule has 1 saturated heterocycles. The average molecular weight is 235 g/mol. The Morgan fingerprint density at radius 2 is 1.25 bits per heavy atom. The van der Waals surface area contributed by atoms with E-state index in [9.17, 15) is 0 Å². The van der Waals surface area contributed by atoms with E-state index >= 15 is 0 Å². The molecule has 1 rings (SSSR count). The molecule has 8 heteroatoms. The molecule has 0 atom stereocenters. The second kappa shape index (κ2) is 3.19. The van der Waals surface area contributed by atoms with E-state index in [1.807, 2.05) is 0 Å². The van der Waals surface area contributed by atoms with Gasteiger partial charge in [-0.25, -0.2) is 0 Å². The summed E-state index contributed by atoms with van der Waals surface area (Å²) in [6, 6.07) is 0. The Labute approximate surface area is 100 Å². The third-order valence-corrected chi connectivity index (χ3v) is 0.824. The molecule has 0 aliphatic carbocycles. The molecule has 3 N–H and O–H groups in total. The van der Waals surface area contributed by atoms with Gasteiger partial charge in [-0.15, -0.1) is 0 Å². The van der Waals surface area contributed by atoms with E-state index < -0.39 is 7.74 Å². The van der Waals surface area contributed by atoms with E-state index in [0.717, 1.165) is 0 Å². The zero-order valence-corrected chi connectivity index (χ0v) is 10.2. The molecule has 0 amide bonds. The zero-order chi connectivity index (χ0) is 4.86. The Hall–Kier alpha value is 2.39. The van der Waals surface area contributed by atoms with Crippen molar-refractivity contribution in [3.05, 3.63) is 0 Å². The van der Waals surface area contributed by atoms with Crippen LogP contribution in [0.1, 0.15) is 1.43 Å². The van der Waals surface area contributed by atoms with E-state index in [1.54, 1.807) is 0 Å². The Morgan fingerprint density at radius 1 is 1.12 bits per heavy atom. The fourth-order valence-electron chi connectivity index (χ4n) is 0.0447. The van der Waals surface area contributed by atoms with Crippen LogP contribution in [0.3, 0.4) is 0 Å². The summed E-state index contributed by atoms with van der Waals surface area (Å²) < 4.78 is 6.76. The molecule has 5 nitrogen and oxygen atoms in total. The van der Waals surface area contributed by atoms with Gasteiger partial charge in [0.25, 0.3) is 0 Å². The average Bonchev–Trinajstić information content (AvgIpc) is 1.73. The summed E-state index contributed by atoms with van der Waals surface area (Å²) in [7, 11) is -4.80. The van der Waals surface area contributed by atoms with Gasteiger partial charge in [-0.1, -0.05) is 0 Å². The van der Waals surface area contributed by atoms with Crippen molar-refractivity contribution in [1.29, 1.82) is 0 Å². The van der Waals surface area contributed by atoms with Crippen LogP contribution in [0.15, 0.2) is 0 Å². The minimum absolute atomic E-state index is 0. The maximum atomic E-state index is 7.89. The van der Waals surface area contributed by atoms with Crippen LogP contribution < -0.4 is 51.4 Å². The molecule has 1 aliphatic rings. The summed E-state index contributed by atoms with van der Waals surface area (Å²) >= 11 is 0. The summed E-state index contributed by atoms with van der Waals surface area (Å²) in [5.41, 5.74) is 0. The zero-order valence-electron chi connectivity index (χ0n) is 5.11. The summed E-state index contributed by atoms with van der Waals surface area (Å²) in [4.78, 5) is 23.7. The first-order valence-corrected chi connectivity index (χ1v) is 3.06. The van der Waals surface area contributed by atoms with Crippen LogP contribution in [-0.2, 0) is 9.35 Å². The van der Waals surface area contributed by atoms with E-state index in [0.29, 0.717) is 0 Å². The molecule has 0 unspecified atom stereocenters. The topological polar surface area (TPSA) is 85.8 Å². The molecular weight excluding hydrogens is 229 g/mol. The molecule has 0 bridgehead atoms. The molecule has 48 valence electrons. The van der Waals surface area contributed by atoms with Gasteiger partial charge in [0.2, 0.25) is 0 Å². The fraction of sp³-hybridized carbons (Fsp3) is 0. The summed E-state index contributed by atoms with van der Waals surface area (Å²) in [5.74, 6) is 0. The number of hydrogen-bond donors (Lipinski definition) is 3. The van der Waals surface area contributed by atoms with Crippen molar-refractivity contribution in [2.45, 2.75) is 0 Å². The van der Waals surface area contributed by atoms with Crippen molar-refractivity contribution in [3.8, 4) is 0 Å². The van der Waals surface area contributed by atoms with Crippen LogP contribution in [0.25, 0.3) is 0 Å². The predicted molar refractivity (Wildman–Crippen MR) is 25.4 cm³/mol. The van der Waals surface area contributed by atoms with E-state index in [4.69, 9.17) is 14.7 Å². The normalized spacial score (nSPS) is 32.1. The Balaban J connectivity index is -0.000000120. The Kier molecular flexibility index (Phi) is 5.19. The molecule has 8 heavy (non-hydrogen) atoms. The van der Waals surface area contributed by atoms with Crippen molar-refractivity contribution in [2.24, 2.45) is 0 Å². The van der Waals surface area contributed by atoms with Gasteiger partial charge in [0.15, 0.2) is 0 Å². The van der Waals surface area contributed by atoms with Crippen LogP contribution >= 0.6 is 7.74 Å². The molecule has 0 saturated carbocycles. The third-order valence-electron chi connectivity index (χ3n) is 0.275. The van der Waals surface area contributed by atoms with Gasteiger partial charge in [0.1, 0.15) is 0 Å². The molecule has 1 fully saturated rings. The van der Waals surface area contributed by atoms with Gasteiger partial charge in [0, 0.05) is 0 Å². The van der Waals surface area contributed by atoms with Gasteiger partial charge < -0.3 is 1.43 Å². The van der Waals surface area contributed by atoms with E-state index in [-0.39, 0.29) is 69.9 Å². The molecule has 0 spiro atoms. The quantitative estimate of drug-likeness (QED) is 0.170. The Morgan fingerprint density at radius 3 is 1.25 bits per heavy atom. The summed E-state index contributed by atoms with van der Waals surface area (Å²) in [6.45, 7) is 0. The van der Waals surface area contributed by atoms with Crippen molar-refractivity contribution in [1.82, 2.24) is 0 Å². The van der Waals surface area contributed by atoms with Crippen molar-refractivity contribution >= 4 is 24.8 Å². The summed E-state index contributed by atoms with van der Waals surface area (Å²) in [5, 5.41) is 0. The van der Waals surface area contributed by atoms with Gasteiger partial charge >= 0.3 is 100 Å². The van der Waals surface area contributed by atoms with Crippen LogP contribution in [0.4, 0.5) is 0 Å². The second-order valence-electron chi connectivity index (χ2n) is 0.982. The first-order valence-electron chi connectivity index (χ1n) is 1.13. The molecule has 0 radical (unpaired) electrons. The van der Waals surface area contributed by atoms with Crippen molar-refractivity contribution in [3.63, 3.8) is 0 Å². The number of hydrogen-bond acceptors (Lipinski definition) is 5. The molecule has 1 aliphatic heterocycles. The van der Waals surface area contributed by atoms with Gasteiger partial charge in [0.05, 0.1) is 0 Å². The number of rotatable bonds is 0. The first-order chi connectivity index (χ1) is 2.47. The molecule has 0 aromatic heterocycles. The summed E-state index contributed by atoms with van der Waals surface area (Å²) in [6.07, 6.45) is 0. The van der Waals surface area contributed by atoms with Crippen LogP contribution in [0.2, 0.25) is 0 Å². The maximum absolute atomic E-state index is 7.89. The predicted octanol–water partition coefficient (Wildman–Crippen LogP) is -4.75. The third kappa shape index (κ3) is 5.19. The van der Waals surface area contributed by atoms with Gasteiger partial charge in [-0.2, -0.15) is 0 Å². The minimum atomic E-state index is -4.80. The fourth-order valence-corrected chi connectivity index (χ4v) is 0.402. The standard InChI is InChI=1S/K.H3O5P.H2Se.H/c;1-6(2,3)4-5-6;;/h;1-3H;1H2;/q+1;;;-1. The second-order valence-corrected chi connectivity index (χ2v) is 2.95. The van der Waals surface area contributed by atoms with Gasteiger partial charge in [-0.05, 0) is 0 Å². The van der Waals surface area contributed by atoms with Crippen LogP contribution in [-0.4, -0.2) is 31.7 Å². The van der Waals surface area contributed by atoms with E-state index in [1.165, 1.54) is 0 Å². The van der Waals surface area contributed by atoms with Crippen LogP contribution in [0, 0.1) is 0 Å². The van der Waals surface area contributed by atoms with Crippen molar-refractivity contribution in [2.75, 3.05) is 0 Å². The van der Waals surface area contributed by atoms with Crippen LogP contribution in [0.5, 0.6) is 0 Å². The molecule has 0 aromatic carbocycles. The van der Waals surface area contributed by atoms with E-state index in [2.05, 4.69) is 9.35 Å². The van der Waals surface area contributed by atoms with Gasteiger partial charge in [-0.3, -0.25) is 0 Å². The van der Waals surface area contributed by atoms with Crippen molar-refractivity contribution < 1.29 is 76.8 Å². The molecule has 0 aromatic rings. The first kappa shape index (κ1) is 13.0. The SMILES string of the molecule is OP1(O)(O)OO1.[H-].[K+].[SeH2]. The molecular formula is H6KO5PSe.